The highest BCUT2D eigenvalue weighted by molar-refractivity contribution is 5.82. The van der Waals surface area contributed by atoms with Crippen LogP contribution in [-0.4, -0.2) is 39.5 Å². The van der Waals surface area contributed by atoms with Crippen molar-refractivity contribution in [2.45, 2.75) is 31.7 Å². The summed E-state index contributed by atoms with van der Waals surface area (Å²) in [5.41, 5.74) is 0. The predicted octanol–water partition coefficient (Wildman–Crippen LogP) is 0.989. The van der Waals surface area contributed by atoms with E-state index in [1.807, 2.05) is 0 Å². The zero-order chi connectivity index (χ0) is 10.6. The quantitative estimate of drug-likeness (QED) is 0.638. The Kier molecular flexibility index (Phi) is 4.51. The Morgan fingerprint density at radius 2 is 1.93 bits per heavy atom. The molecule has 4 heteroatoms. The summed E-state index contributed by atoms with van der Waals surface area (Å²) in [5, 5.41) is 0. The molecule has 1 saturated carbocycles. The molecule has 0 saturated heterocycles. The van der Waals surface area contributed by atoms with Crippen LogP contribution in [0.15, 0.2) is 0 Å². The third-order valence-corrected chi connectivity index (χ3v) is 2.77. The average molecular weight is 202 g/mol. The lowest BCUT2D eigenvalue weighted by atomic mass is 9.85. The summed E-state index contributed by atoms with van der Waals surface area (Å²) < 4.78 is 15.5. The molecule has 0 radical (unpaired) electrons. The molecule has 0 amide bonds. The number of Topliss-reactive ketones (excluding diaryl/α,β-unsaturated/α-hetero) is 1. The third kappa shape index (κ3) is 2.53. The monoisotopic (exact) mass is 202 g/mol. The predicted molar refractivity (Wildman–Crippen MR) is 51.0 cm³/mol. The maximum atomic E-state index is 11.6. The van der Waals surface area contributed by atoms with Gasteiger partial charge in [-0.15, -0.1) is 0 Å². The van der Waals surface area contributed by atoms with Gasteiger partial charge in [-0.3, -0.25) is 4.79 Å². The van der Waals surface area contributed by atoms with Gasteiger partial charge in [-0.1, -0.05) is 0 Å². The van der Waals surface area contributed by atoms with Crippen LogP contribution < -0.4 is 0 Å². The molecule has 0 aromatic rings. The molecule has 0 unspecified atom stereocenters. The second-order valence-corrected chi connectivity index (χ2v) is 3.54. The molecule has 1 aliphatic carbocycles. The van der Waals surface area contributed by atoms with Crippen molar-refractivity contribution in [1.29, 1.82) is 0 Å². The zero-order valence-corrected chi connectivity index (χ0v) is 8.99. The highest BCUT2D eigenvalue weighted by atomic mass is 16.7. The summed E-state index contributed by atoms with van der Waals surface area (Å²) in [6.45, 7) is 0. The molecule has 0 N–H and O–H groups in total. The number of carbonyl (C=O) groups is 1. The van der Waals surface area contributed by atoms with E-state index < -0.39 is 6.29 Å². The lowest BCUT2D eigenvalue weighted by molar-refractivity contribution is -0.166. The molecule has 0 heterocycles. The highest BCUT2D eigenvalue weighted by Gasteiger charge is 2.34. The SMILES string of the molecule is COC(OC)[C@H]1C[C@@H](OC)CCC1=O. The molecule has 82 valence electrons. The van der Waals surface area contributed by atoms with E-state index in [9.17, 15) is 4.79 Å². The van der Waals surface area contributed by atoms with E-state index in [0.29, 0.717) is 12.8 Å². The van der Waals surface area contributed by atoms with E-state index in [1.165, 1.54) is 0 Å². The maximum Gasteiger partial charge on any atom is 0.166 e. The van der Waals surface area contributed by atoms with Gasteiger partial charge in [-0.25, -0.2) is 0 Å². The first kappa shape index (κ1) is 11.6. The van der Waals surface area contributed by atoms with Crippen LogP contribution in [-0.2, 0) is 19.0 Å². The maximum absolute atomic E-state index is 11.6. The number of ether oxygens (including phenoxy) is 3. The fraction of sp³-hybridized carbons (Fsp3) is 0.900. The number of methoxy groups -OCH3 is 3. The summed E-state index contributed by atoms with van der Waals surface area (Å²) in [6.07, 6.45) is 1.80. The van der Waals surface area contributed by atoms with E-state index in [4.69, 9.17) is 14.2 Å². The van der Waals surface area contributed by atoms with Gasteiger partial charge >= 0.3 is 0 Å². The van der Waals surface area contributed by atoms with Gasteiger partial charge in [0.2, 0.25) is 0 Å². The Bertz CT molecular complexity index is 189. The molecule has 1 aliphatic rings. The molecule has 0 aromatic heterocycles. The molecule has 0 spiro atoms. The topological polar surface area (TPSA) is 44.8 Å². The van der Waals surface area contributed by atoms with Gasteiger partial charge in [-0.05, 0) is 12.8 Å². The minimum atomic E-state index is -0.430. The van der Waals surface area contributed by atoms with Crippen LogP contribution in [0.25, 0.3) is 0 Å². The molecule has 0 aliphatic heterocycles. The number of hydrogen-bond acceptors (Lipinski definition) is 4. The summed E-state index contributed by atoms with van der Waals surface area (Å²) in [4.78, 5) is 11.6. The first-order chi connectivity index (χ1) is 6.72. The molecule has 4 nitrogen and oxygen atoms in total. The fourth-order valence-corrected chi connectivity index (χ4v) is 1.92. The fourth-order valence-electron chi connectivity index (χ4n) is 1.92. The molecule has 2 atom stereocenters. The minimum Gasteiger partial charge on any atom is -0.381 e. The Balaban J connectivity index is 2.59. The van der Waals surface area contributed by atoms with Crippen molar-refractivity contribution in [3.63, 3.8) is 0 Å². The van der Waals surface area contributed by atoms with Gasteiger partial charge in [0.25, 0.3) is 0 Å². The summed E-state index contributed by atoms with van der Waals surface area (Å²) in [5.74, 6) is 0.0377. The van der Waals surface area contributed by atoms with Crippen molar-refractivity contribution in [1.82, 2.24) is 0 Å². The van der Waals surface area contributed by atoms with E-state index in [-0.39, 0.29) is 17.8 Å². The van der Waals surface area contributed by atoms with Crippen LogP contribution in [0.5, 0.6) is 0 Å². The van der Waals surface area contributed by atoms with Crippen LogP contribution in [0.1, 0.15) is 19.3 Å². The summed E-state index contributed by atoms with van der Waals surface area (Å²) >= 11 is 0. The molecule has 1 rings (SSSR count). The number of ketones is 1. The Morgan fingerprint density at radius 3 is 2.43 bits per heavy atom. The summed E-state index contributed by atoms with van der Waals surface area (Å²) in [6, 6.07) is 0. The van der Waals surface area contributed by atoms with Crippen molar-refractivity contribution in [2.75, 3.05) is 21.3 Å². The molecular formula is C10H18O4. The third-order valence-electron chi connectivity index (χ3n) is 2.77. The summed E-state index contributed by atoms with van der Waals surface area (Å²) in [7, 11) is 4.78. The zero-order valence-electron chi connectivity index (χ0n) is 8.99. The highest BCUT2D eigenvalue weighted by Crippen LogP contribution is 2.27. The van der Waals surface area contributed by atoms with Gasteiger partial charge in [0, 0.05) is 27.8 Å². The Labute approximate surface area is 84.5 Å². The van der Waals surface area contributed by atoms with Crippen molar-refractivity contribution in [3.05, 3.63) is 0 Å². The van der Waals surface area contributed by atoms with Gasteiger partial charge in [-0.2, -0.15) is 0 Å². The van der Waals surface area contributed by atoms with Crippen molar-refractivity contribution >= 4 is 5.78 Å². The van der Waals surface area contributed by atoms with Gasteiger partial charge in [0.05, 0.1) is 12.0 Å². The van der Waals surface area contributed by atoms with E-state index in [2.05, 4.69) is 0 Å². The van der Waals surface area contributed by atoms with E-state index in [0.717, 1.165) is 6.42 Å². The van der Waals surface area contributed by atoms with E-state index in [1.54, 1.807) is 21.3 Å². The Morgan fingerprint density at radius 1 is 1.29 bits per heavy atom. The van der Waals surface area contributed by atoms with Gasteiger partial charge in [0.1, 0.15) is 5.78 Å². The second kappa shape index (κ2) is 5.44. The molecule has 0 aromatic carbocycles. The average Bonchev–Trinajstić information content (AvgIpc) is 2.22. The first-order valence-electron chi connectivity index (χ1n) is 4.84. The van der Waals surface area contributed by atoms with Crippen molar-refractivity contribution in [2.24, 2.45) is 5.92 Å². The largest absolute Gasteiger partial charge is 0.381 e. The normalized spacial score (nSPS) is 28.4. The number of hydrogen-bond donors (Lipinski definition) is 0. The van der Waals surface area contributed by atoms with Crippen molar-refractivity contribution in [3.8, 4) is 0 Å². The number of rotatable bonds is 4. The molecular weight excluding hydrogens is 184 g/mol. The minimum absolute atomic E-state index is 0.158. The van der Waals surface area contributed by atoms with Crippen LogP contribution in [0.2, 0.25) is 0 Å². The second-order valence-electron chi connectivity index (χ2n) is 3.54. The van der Waals surface area contributed by atoms with Crippen LogP contribution >= 0.6 is 0 Å². The van der Waals surface area contributed by atoms with Gasteiger partial charge in [0.15, 0.2) is 6.29 Å². The lowest BCUT2D eigenvalue weighted by Crippen LogP contribution is -2.38. The number of carbonyl (C=O) groups excluding carboxylic acids is 1. The molecule has 0 bridgehead atoms. The van der Waals surface area contributed by atoms with E-state index >= 15 is 0 Å². The first-order valence-corrected chi connectivity index (χ1v) is 4.84. The van der Waals surface area contributed by atoms with Crippen LogP contribution in [0, 0.1) is 5.92 Å². The lowest BCUT2D eigenvalue weighted by Gasteiger charge is -2.31. The van der Waals surface area contributed by atoms with Crippen LogP contribution in [0.3, 0.4) is 0 Å². The molecule has 1 fully saturated rings. The smallest absolute Gasteiger partial charge is 0.166 e. The molecule has 14 heavy (non-hydrogen) atoms. The van der Waals surface area contributed by atoms with Gasteiger partial charge < -0.3 is 14.2 Å². The Hall–Kier alpha value is -0.450. The van der Waals surface area contributed by atoms with Crippen LogP contribution in [0.4, 0.5) is 0 Å². The van der Waals surface area contributed by atoms with Crippen molar-refractivity contribution < 1.29 is 19.0 Å². The standard InChI is InChI=1S/C10H18O4/c1-12-7-4-5-9(11)8(6-7)10(13-2)14-3/h7-8,10H,4-6H2,1-3H3/t7-,8-/m0/s1.